The number of carbonyl (C=O) groups excluding carboxylic acids is 3. The lowest BCUT2D eigenvalue weighted by molar-refractivity contribution is -0.140. The lowest BCUT2D eigenvalue weighted by Gasteiger charge is -2.29. The summed E-state index contributed by atoms with van der Waals surface area (Å²) in [5.41, 5.74) is 1.90. The zero-order valence-electron chi connectivity index (χ0n) is 25.4. The van der Waals surface area contributed by atoms with Crippen molar-refractivity contribution in [3.63, 3.8) is 0 Å². The lowest BCUT2D eigenvalue weighted by atomic mass is 9.98. The van der Waals surface area contributed by atoms with Gasteiger partial charge < -0.3 is 15.3 Å². The summed E-state index contributed by atoms with van der Waals surface area (Å²) in [5.74, 6) is -3.04. The van der Waals surface area contributed by atoms with Crippen LogP contribution < -0.4 is 5.32 Å². The first kappa shape index (κ1) is 32.1. The van der Waals surface area contributed by atoms with E-state index in [1.54, 1.807) is 13.8 Å². The molecule has 0 spiro atoms. The zero-order valence-corrected chi connectivity index (χ0v) is 25.4. The number of nitrogens with one attached hydrogen (secondary N) is 1. The quantitative estimate of drug-likeness (QED) is 0.188. The van der Waals surface area contributed by atoms with Crippen molar-refractivity contribution in [3.8, 4) is 0 Å². The summed E-state index contributed by atoms with van der Waals surface area (Å²) in [6, 6.07) is 20.1. The molecule has 1 fully saturated rings. The Bertz CT molecular complexity index is 1540. The molecule has 4 amide bonds. The zero-order chi connectivity index (χ0) is 32.0. The summed E-state index contributed by atoms with van der Waals surface area (Å²) in [6.07, 6.45) is 3.66. The Morgan fingerprint density at radius 2 is 1.57 bits per heavy atom. The average molecular weight is 600 g/mol. The highest BCUT2D eigenvalue weighted by atomic mass is 19.1. The Balaban J connectivity index is 1.55. The highest BCUT2D eigenvalue weighted by Crippen LogP contribution is 2.33. The molecule has 0 radical (unpaired) electrons. The first-order valence-electron chi connectivity index (χ1n) is 14.6. The number of carbonyl (C=O) groups is 4. The highest BCUT2D eigenvalue weighted by Gasteiger charge is 2.54. The summed E-state index contributed by atoms with van der Waals surface area (Å²) >= 11 is 0. The fraction of sp³-hybridized carbons (Fsp3) is 0.314. The second-order valence-electron chi connectivity index (χ2n) is 11.9. The average Bonchev–Trinajstić information content (AvgIpc) is 3.14. The van der Waals surface area contributed by atoms with Crippen molar-refractivity contribution in [1.82, 2.24) is 15.1 Å². The molecular weight excluding hydrogens is 561 g/mol. The molecule has 0 bridgehead atoms. The minimum atomic E-state index is -1.23. The minimum absolute atomic E-state index is 0.0768. The summed E-state index contributed by atoms with van der Waals surface area (Å²) in [7, 11) is 0. The van der Waals surface area contributed by atoms with Gasteiger partial charge in [0.05, 0.1) is 12.5 Å². The van der Waals surface area contributed by atoms with E-state index in [4.69, 9.17) is 0 Å². The van der Waals surface area contributed by atoms with E-state index >= 15 is 0 Å². The molecule has 0 aliphatic carbocycles. The van der Waals surface area contributed by atoms with E-state index in [2.05, 4.69) is 5.32 Å². The molecule has 3 aromatic rings. The SMILES string of the molecule is CC(C)CC(C(=O)NC(CC(=O)O)c1cccc(F)c1)N1C(=O)N(Cc2ccc(/C=C/c3ccccc3)cc2)C(C)(C)C1=O. The predicted molar refractivity (Wildman–Crippen MR) is 166 cm³/mol. The standard InChI is InChI=1S/C35H38FN3O5/c1-23(2)19-30(32(42)37-29(21-31(40)41)27-11-8-12-28(36)20-27)39-33(43)35(3,4)38(34(39)44)22-26-17-15-25(16-18-26)14-13-24-9-6-5-7-10-24/h5-18,20,23,29-30H,19,21-22H2,1-4H3,(H,37,42)(H,40,41)/b14-13+. The Labute approximate surface area is 257 Å². The van der Waals surface area contributed by atoms with Crippen LogP contribution in [0.15, 0.2) is 78.9 Å². The van der Waals surface area contributed by atoms with Gasteiger partial charge in [0, 0.05) is 6.54 Å². The number of benzene rings is 3. The number of halogens is 1. The first-order valence-corrected chi connectivity index (χ1v) is 14.6. The van der Waals surface area contributed by atoms with Gasteiger partial charge >= 0.3 is 12.0 Å². The van der Waals surface area contributed by atoms with Crippen molar-refractivity contribution in [2.24, 2.45) is 5.92 Å². The van der Waals surface area contributed by atoms with E-state index in [0.29, 0.717) is 0 Å². The molecule has 44 heavy (non-hydrogen) atoms. The number of hydrogen-bond donors (Lipinski definition) is 2. The van der Waals surface area contributed by atoms with Crippen LogP contribution in [-0.4, -0.2) is 50.3 Å². The van der Waals surface area contributed by atoms with Gasteiger partial charge in [-0.2, -0.15) is 0 Å². The second kappa shape index (κ2) is 13.7. The number of hydrogen-bond acceptors (Lipinski definition) is 4. The number of carboxylic acid groups (broad SMARTS) is 1. The first-order chi connectivity index (χ1) is 20.9. The molecule has 2 N–H and O–H groups in total. The maximum atomic E-state index is 14.0. The highest BCUT2D eigenvalue weighted by molar-refractivity contribution is 6.09. The van der Waals surface area contributed by atoms with Crippen LogP contribution >= 0.6 is 0 Å². The monoisotopic (exact) mass is 599 g/mol. The molecule has 1 heterocycles. The predicted octanol–water partition coefficient (Wildman–Crippen LogP) is 6.29. The van der Waals surface area contributed by atoms with Gasteiger partial charge in [0.15, 0.2) is 0 Å². The van der Waals surface area contributed by atoms with E-state index in [-0.39, 0.29) is 24.4 Å². The van der Waals surface area contributed by atoms with Crippen molar-refractivity contribution >= 4 is 36.0 Å². The van der Waals surface area contributed by atoms with E-state index in [9.17, 15) is 28.7 Å². The number of amides is 4. The number of nitrogens with zero attached hydrogens (tertiary/aromatic N) is 2. The molecule has 230 valence electrons. The van der Waals surface area contributed by atoms with E-state index in [0.717, 1.165) is 27.7 Å². The van der Waals surface area contributed by atoms with Crippen LogP contribution in [-0.2, 0) is 20.9 Å². The third kappa shape index (κ3) is 7.58. The normalized spacial score (nSPS) is 16.0. The van der Waals surface area contributed by atoms with E-state index in [1.807, 2.05) is 80.6 Å². The maximum Gasteiger partial charge on any atom is 0.328 e. The summed E-state index contributed by atoms with van der Waals surface area (Å²) in [4.78, 5) is 55.4. The molecule has 3 aromatic carbocycles. The van der Waals surface area contributed by atoms with Gasteiger partial charge in [-0.1, -0.05) is 92.7 Å². The number of urea groups is 1. The summed E-state index contributed by atoms with van der Waals surface area (Å²) in [6.45, 7) is 7.17. The van der Waals surface area contributed by atoms with Crippen LogP contribution in [0.5, 0.6) is 0 Å². The van der Waals surface area contributed by atoms with Crippen LogP contribution in [0.1, 0.15) is 68.8 Å². The topological polar surface area (TPSA) is 107 Å². The van der Waals surface area contributed by atoms with Crippen LogP contribution in [0.25, 0.3) is 12.2 Å². The number of imide groups is 1. The molecule has 8 nitrogen and oxygen atoms in total. The number of carboxylic acids is 1. The van der Waals surface area contributed by atoms with Gasteiger partial charge in [-0.15, -0.1) is 0 Å². The number of rotatable bonds is 12. The smallest absolute Gasteiger partial charge is 0.328 e. The molecule has 1 saturated heterocycles. The van der Waals surface area contributed by atoms with Gasteiger partial charge in [0.1, 0.15) is 17.4 Å². The largest absolute Gasteiger partial charge is 0.481 e. The number of aliphatic carboxylic acids is 1. The molecule has 2 atom stereocenters. The van der Waals surface area contributed by atoms with Crippen LogP contribution in [0, 0.1) is 11.7 Å². The fourth-order valence-electron chi connectivity index (χ4n) is 5.27. The minimum Gasteiger partial charge on any atom is -0.481 e. The van der Waals surface area contributed by atoms with Crippen molar-refractivity contribution in [2.45, 2.75) is 64.7 Å². The molecule has 4 rings (SSSR count). The molecule has 1 aliphatic rings. The molecule has 0 aromatic heterocycles. The van der Waals surface area contributed by atoms with Crippen molar-refractivity contribution in [1.29, 1.82) is 0 Å². The Morgan fingerprint density at radius 1 is 0.932 bits per heavy atom. The van der Waals surface area contributed by atoms with Gasteiger partial charge in [-0.25, -0.2) is 14.1 Å². The maximum absolute atomic E-state index is 14.0. The third-order valence-corrected chi connectivity index (χ3v) is 7.70. The van der Waals surface area contributed by atoms with Gasteiger partial charge in [0.25, 0.3) is 5.91 Å². The Hall–Kier alpha value is -4.79. The molecule has 9 heteroatoms. The van der Waals surface area contributed by atoms with Gasteiger partial charge in [-0.05, 0) is 60.6 Å². The van der Waals surface area contributed by atoms with E-state index < -0.39 is 53.7 Å². The molecule has 2 unspecified atom stereocenters. The lowest BCUT2D eigenvalue weighted by Crippen LogP contribution is -2.52. The van der Waals surface area contributed by atoms with Crippen molar-refractivity contribution < 1.29 is 28.7 Å². The van der Waals surface area contributed by atoms with Crippen LogP contribution in [0.2, 0.25) is 0 Å². The fourth-order valence-corrected chi connectivity index (χ4v) is 5.27. The Kier molecular flexibility index (Phi) is 9.98. The summed E-state index contributed by atoms with van der Waals surface area (Å²) < 4.78 is 14.0. The van der Waals surface area contributed by atoms with Crippen molar-refractivity contribution in [2.75, 3.05) is 0 Å². The van der Waals surface area contributed by atoms with Gasteiger partial charge in [-0.3, -0.25) is 14.4 Å². The molecular formula is C35H38FN3O5. The van der Waals surface area contributed by atoms with E-state index in [1.165, 1.54) is 23.1 Å². The molecule has 0 saturated carbocycles. The second-order valence-corrected chi connectivity index (χ2v) is 11.9. The Morgan fingerprint density at radius 3 is 2.16 bits per heavy atom. The third-order valence-electron chi connectivity index (χ3n) is 7.70. The van der Waals surface area contributed by atoms with Crippen LogP contribution in [0.4, 0.5) is 9.18 Å². The molecule has 1 aliphatic heterocycles. The van der Waals surface area contributed by atoms with Gasteiger partial charge in [0.2, 0.25) is 5.91 Å². The van der Waals surface area contributed by atoms with Crippen LogP contribution in [0.3, 0.4) is 0 Å². The summed E-state index contributed by atoms with van der Waals surface area (Å²) in [5, 5.41) is 12.2. The van der Waals surface area contributed by atoms with Crippen molar-refractivity contribution in [3.05, 3.63) is 107 Å².